The summed E-state index contributed by atoms with van der Waals surface area (Å²) in [5, 5.41) is 3.15. The topological polar surface area (TPSA) is 50.3 Å². The number of nitrogens with one attached hydrogen (secondary N) is 1. The summed E-state index contributed by atoms with van der Waals surface area (Å²) in [6.45, 7) is 7.55. The molecule has 6 heteroatoms. The van der Waals surface area contributed by atoms with Crippen LogP contribution in [0.25, 0.3) is 0 Å². The number of hydrogen-bond donors (Lipinski definition) is 1. The van der Waals surface area contributed by atoms with E-state index in [0.717, 1.165) is 47.3 Å². The molecule has 18 heavy (non-hydrogen) atoms. The van der Waals surface area contributed by atoms with Gasteiger partial charge in [0.15, 0.2) is 0 Å². The molecule has 0 atom stereocenters. The van der Waals surface area contributed by atoms with Crippen LogP contribution in [0.3, 0.4) is 0 Å². The molecule has 5 nitrogen and oxygen atoms in total. The van der Waals surface area contributed by atoms with Gasteiger partial charge in [-0.25, -0.2) is 4.98 Å². The maximum Gasteiger partial charge on any atom is 0.227 e. The Morgan fingerprint density at radius 2 is 1.94 bits per heavy atom. The van der Waals surface area contributed by atoms with Gasteiger partial charge >= 0.3 is 0 Å². The number of aromatic nitrogens is 2. The molecule has 0 spiro atoms. The van der Waals surface area contributed by atoms with E-state index in [9.17, 15) is 0 Å². The Bertz CT molecular complexity index is 419. The zero-order valence-corrected chi connectivity index (χ0v) is 13.2. The third-order valence-electron chi connectivity index (χ3n) is 2.94. The molecule has 1 aromatic heterocycles. The van der Waals surface area contributed by atoms with Crippen molar-refractivity contribution in [2.45, 2.75) is 19.8 Å². The summed E-state index contributed by atoms with van der Waals surface area (Å²) in [5.41, 5.74) is 1.11. The lowest BCUT2D eigenvalue weighted by Gasteiger charge is -2.28. The fourth-order valence-electron chi connectivity index (χ4n) is 1.91. The SMILES string of the molecule is CNc1nc(N2CCOCC2)nc(C(C)C)c1I. The zero-order valence-electron chi connectivity index (χ0n) is 11.0. The predicted molar refractivity (Wildman–Crippen MR) is 81.4 cm³/mol. The van der Waals surface area contributed by atoms with Crippen molar-refractivity contribution < 1.29 is 4.74 Å². The molecule has 0 saturated carbocycles. The first kappa shape index (κ1) is 13.8. The molecule has 1 aromatic rings. The molecule has 2 heterocycles. The maximum absolute atomic E-state index is 5.36. The molecule has 0 aliphatic carbocycles. The first-order valence-corrected chi connectivity index (χ1v) is 7.29. The number of halogens is 1. The molecular weight excluding hydrogens is 343 g/mol. The standard InChI is InChI=1S/C12H19IN4O/c1-8(2)10-9(13)11(14-3)16-12(15-10)17-4-6-18-7-5-17/h8H,4-7H2,1-3H3,(H,14,15,16). The number of nitrogens with zero attached hydrogens (tertiary/aromatic N) is 3. The predicted octanol–water partition coefficient (Wildman–Crippen LogP) is 2.08. The molecule has 0 amide bonds. The molecule has 1 aliphatic rings. The molecular formula is C12H19IN4O. The fourth-order valence-corrected chi connectivity index (χ4v) is 3.04. The van der Waals surface area contributed by atoms with Gasteiger partial charge in [0.05, 0.1) is 22.5 Å². The van der Waals surface area contributed by atoms with Gasteiger partial charge in [-0.3, -0.25) is 0 Å². The summed E-state index contributed by atoms with van der Waals surface area (Å²) >= 11 is 2.31. The van der Waals surface area contributed by atoms with Crippen LogP contribution in [0.15, 0.2) is 0 Å². The van der Waals surface area contributed by atoms with E-state index in [1.807, 2.05) is 7.05 Å². The van der Waals surface area contributed by atoms with Crippen molar-refractivity contribution in [3.8, 4) is 0 Å². The Labute approximate surface area is 121 Å². The van der Waals surface area contributed by atoms with Gasteiger partial charge in [0, 0.05) is 20.1 Å². The number of ether oxygens (including phenoxy) is 1. The molecule has 0 aromatic carbocycles. The lowest BCUT2D eigenvalue weighted by molar-refractivity contribution is 0.122. The van der Waals surface area contributed by atoms with Gasteiger partial charge in [-0.1, -0.05) is 13.8 Å². The summed E-state index contributed by atoms with van der Waals surface area (Å²) in [6, 6.07) is 0. The van der Waals surface area contributed by atoms with Crippen LogP contribution in [0.5, 0.6) is 0 Å². The molecule has 0 radical (unpaired) electrons. The minimum absolute atomic E-state index is 0.395. The molecule has 1 saturated heterocycles. The number of hydrogen-bond acceptors (Lipinski definition) is 5. The van der Waals surface area contributed by atoms with Gasteiger partial charge < -0.3 is 15.0 Å². The highest BCUT2D eigenvalue weighted by Gasteiger charge is 2.19. The number of anilines is 2. The van der Waals surface area contributed by atoms with E-state index in [1.165, 1.54) is 0 Å². The van der Waals surface area contributed by atoms with E-state index in [1.54, 1.807) is 0 Å². The minimum atomic E-state index is 0.395. The highest BCUT2D eigenvalue weighted by atomic mass is 127. The van der Waals surface area contributed by atoms with Gasteiger partial charge in [-0.15, -0.1) is 0 Å². The Balaban J connectivity index is 2.37. The van der Waals surface area contributed by atoms with Crippen LogP contribution in [0.2, 0.25) is 0 Å². The summed E-state index contributed by atoms with van der Waals surface area (Å²) in [7, 11) is 1.90. The second-order valence-corrected chi connectivity index (χ2v) is 5.65. The second kappa shape index (κ2) is 6.01. The van der Waals surface area contributed by atoms with Crippen LogP contribution < -0.4 is 10.2 Å². The smallest absolute Gasteiger partial charge is 0.227 e. The van der Waals surface area contributed by atoms with Gasteiger partial charge in [0.25, 0.3) is 0 Å². The third-order valence-corrected chi connectivity index (χ3v) is 4.01. The lowest BCUT2D eigenvalue weighted by Crippen LogP contribution is -2.37. The average molecular weight is 362 g/mol. The van der Waals surface area contributed by atoms with Crippen LogP contribution in [-0.4, -0.2) is 43.3 Å². The van der Waals surface area contributed by atoms with Crippen molar-refractivity contribution in [3.63, 3.8) is 0 Å². The van der Waals surface area contributed by atoms with E-state index in [-0.39, 0.29) is 0 Å². The summed E-state index contributed by atoms with van der Waals surface area (Å²) in [6.07, 6.45) is 0. The molecule has 100 valence electrons. The maximum atomic E-state index is 5.36. The Morgan fingerprint density at radius 3 is 2.50 bits per heavy atom. The fraction of sp³-hybridized carbons (Fsp3) is 0.667. The van der Waals surface area contributed by atoms with E-state index in [0.29, 0.717) is 5.92 Å². The second-order valence-electron chi connectivity index (χ2n) is 4.58. The van der Waals surface area contributed by atoms with Crippen molar-refractivity contribution in [1.29, 1.82) is 0 Å². The van der Waals surface area contributed by atoms with Gasteiger partial charge in [0.1, 0.15) is 5.82 Å². The van der Waals surface area contributed by atoms with Gasteiger partial charge in [0.2, 0.25) is 5.95 Å². The molecule has 2 rings (SSSR count). The molecule has 0 bridgehead atoms. The molecule has 1 aliphatic heterocycles. The van der Waals surface area contributed by atoms with E-state index in [2.05, 4.69) is 51.6 Å². The molecule has 1 fully saturated rings. The van der Waals surface area contributed by atoms with Crippen LogP contribution in [0.4, 0.5) is 11.8 Å². The highest BCUT2D eigenvalue weighted by molar-refractivity contribution is 14.1. The summed E-state index contributed by atoms with van der Waals surface area (Å²) < 4.78 is 6.48. The van der Waals surface area contributed by atoms with Crippen LogP contribution in [0.1, 0.15) is 25.5 Å². The quantitative estimate of drug-likeness (QED) is 0.835. The van der Waals surface area contributed by atoms with Crippen molar-refractivity contribution in [1.82, 2.24) is 9.97 Å². The van der Waals surface area contributed by atoms with Crippen molar-refractivity contribution in [2.24, 2.45) is 0 Å². The zero-order chi connectivity index (χ0) is 13.1. The summed E-state index contributed by atoms with van der Waals surface area (Å²) in [4.78, 5) is 11.5. The van der Waals surface area contributed by atoms with Crippen LogP contribution in [0, 0.1) is 3.57 Å². The van der Waals surface area contributed by atoms with Gasteiger partial charge in [-0.2, -0.15) is 4.98 Å². The molecule has 0 unspecified atom stereocenters. The van der Waals surface area contributed by atoms with E-state index >= 15 is 0 Å². The Morgan fingerprint density at radius 1 is 1.28 bits per heavy atom. The van der Waals surface area contributed by atoms with Crippen LogP contribution in [-0.2, 0) is 4.74 Å². The van der Waals surface area contributed by atoms with Crippen LogP contribution >= 0.6 is 22.6 Å². The summed E-state index contributed by atoms with van der Waals surface area (Å²) in [5.74, 6) is 2.12. The normalized spacial score (nSPS) is 16.2. The van der Waals surface area contributed by atoms with E-state index in [4.69, 9.17) is 9.72 Å². The molecule has 1 N–H and O–H groups in total. The minimum Gasteiger partial charge on any atom is -0.378 e. The first-order valence-electron chi connectivity index (χ1n) is 6.21. The van der Waals surface area contributed by atoms with Crippen molar-refractivity contribution >= 4 is 34.4 Å². The number of morpholine rings is 1. The third kappa shape index (κ3) is 2.85. The lowest BCUT2D eigenvalue weighted by atomic mass is 10.1. The Hall–Kier alpha value is -0.630. The van der Waals surface area contributed by atoms with Crippen molar-refractivity contribution in [3.05, 3.63) is 9.26 Å². The van der Waals surface area contributed by atoms with Gasteiger partial charge in [-0.05, 0) is 28.5 Å². The average Bonchev–Trinajstić information content (AvgIpc) is 2.39. The van der Waals surface area contributed by atoms with E-state index < -0.39 is 0 Å². The van der Waals surface area contributed by atoms with Crippen molar-refractivity contribution in [2.75, 3.05) is 43.6 Å². The Kier molecular flexibility index (Phi) is 4.60. The monoisotopic (exact) mass is 362 g/mol. The number of rotatable bonds is 3. The first-order chi connectivity index (χ1) is 8.63. The largest absolute Gasteiger partial charge is 0.378 e. The highest BCUT2D eigenvalue weighted by Crippen LogP contribution is 2.27.